The first-order chi connectivity index (χ1) is 13.9. The molecule has 1 atom stereocenters. The molecule has 0 bridgehead atoms. The van der Waals surface area contributed by atoms with Gasteiger partial charge in [0.15, 0.2) is 6.10 Å². The van der Waals surface area contributed by atoms with Crippen LogP contribution < -0.4 is 15.0 Å². The van der Waals surface area contributed by atoms with Crippen molar-refractivity contribution in [2.24, 2.45) is 0 Å². The van der Waals surface area contributed by atoms with Gasteiger partial charge in [-0.2, -0.15) is 0 Å². The van der Waals surface area contributed by atoms with Crippen molar-refractivity contribution in [3.63, 3.8) is 0 Å². The number of nitrogens with one attached hydrogen (secondary N) is 1. The average Bonchev–Trinajstić information content (AvgIpc) is 2.72. The number of hydrogen-bond donors (Lipinski definition) is 1. The van der Waals surface area contributed by atoms with E-state index in [1.165, 1.54) is 4.90 Å². The SMILES string of the molecule is CCN(CC)C(=O)c1cccc(NC(=O)CN2C(=O)[C@@H](C)Oc3ccccc32)c1. The number of para-hydroxylation sites is 2. The molecule has 7 nitrogen and oxygen atoms in total. The first-order valence-corrected chi connectivity index (χ1v) is 9.70. The Morgan fingerprint density at radius 1 is 1.10 bits per heavy atom. The lowest BCUT2D eigenvalue weighted by atomic mass is 10.1. The van der Waals surface area contributed by atoms with Gasteiger partial charge in [-0.25, -0.2) is 0 Å². The Bertz CT molecular complexity index is 924. The van der Waals surface area contributed by atoms with Crippen molar-refractivity contribution in [2.45, 2.75) is 26.9 Å². The third-order valence-electron chi connectivity index (χ3n) is 4.82. The molecule has 1 aliphatic heterocycles. The van der Waals surface area contributed by atoms with Gasteiger partial charge >= 0.3 is 0 Å². The summed E-state index contributed by atoms with van der Waals surface area (Å²) in [4.78, 5) is 40.8. The molecule has 0 spiro atoms. The molecule has 0 unspecified atom stereocenters. The second kappa shape index (κ2) is 8.77. The minimum atomic E-state index is -0.660. The van der Waals surface area contributed by atoms with Crippen LogP contribution in [-0.4, -0.2) is 48.4 Å². The van der Waals surface area contributed by atoms with Crippen LogP contribution in [0.1, 0.15) is 31.1 Å². The Kier molecular flexibility index (Phi) is 6.16. The van der Waals surface area contributed by atoms with Crippen LogP contribution in [0.3, 0.4) is 0 Å². The Morgan fingerprint density at radius 3 is 2.55 bits per heavy atom. The molecule has 0 saturated carbocycles. The number of amides is 3. The van der Waals surface area contributed by atoms with Crippen LogP contribution >= 0.6 is 0 Å². The summed E-state index contributed by atoms with van der Waals surface area (Å²) in [5.74, 6) is -0.143. The zero-order valence-electron chi connectivity index (χ0n) is 16.8. The van der Waals surface area contributed by atoms with Crippen LogP contribution in [0.2, 0.25) is 0 Å². The van der Waals surface area contributed by atoms with Gasteiger partial charge in [0.05, 0.1) is 5.69 Å². The second-order valence-corrected chi connectivity index (χ2v) is 6.76. The molecular formula is C22H25N3O4. The second-order valence-electron chi connectivity index (χ2n) is 6.76. The van der Waals surface area contributed by atoms with Crippen LogP contribution in [0.4, 0.5) is 11.4 Å². The number of ether oxygens (including phenoxy) is 1. The minimum Gasteiger partial charge on any atom is -0.479 e. The molecule has 0 saturated heterocycles. The number of carbonyl (C=O) groups excluding carboxylic acids is 3. The van der Waals surface area contributed by atoms with E-state index < -0.39 is 6.10 Å². The summed E-state index contributed by atoms with van der Waals surface area (Å²) in [7, 11) is 0. The smallest absolute Gasteiger partial charge is 0.268 e. The lowest BCUT2D eigenvalue weighted by Gasteiger charge is -2.32. The number of anilines is 2. The van der Waals surface area contributed by atoms with E-state index in [9.17, 15) is 14.4 Å². The summed E-state index contributed by atoms with van der Waals surface area (Å²) in [6, 6.07) is 13.9. The van der Waals surface area contributed by atoms with Gasteiger partial charge < -0.3 is 15.0 Å². The lowest BCUT2D eigenvalue weighted by Crippen LogP contribution is -2.47. The van der Waals surface area contributed by atoms with Crippen LogP contribution in [0, 0.1) is 0 Å². The fourth-order valence-corrected chi connectivity index (χ4v) is 3.29. The summed E-state index contributed by atoms with van der Waals surface area (Å²) >= 11 is 0. The number of benzene rings is 2. The zero-order chi connectivity index (χ0) is 21.0. The third-order valence-corrected chi connectivity index (χ3v) is 4.82. The summed E-state index contributed by atoms with van der Waals surface area (Å²) < 4.78 is 5.59. The Morgan fingerprint density at radius 2 is 1.83 bits per heavy atom. The Hall–Kier alpha value is -3.35. The molecule has 0 aromatic heterocycles. The van der Waals surface area contributed by atoms with E-state index in [0.717, 1.165) is 0 Å². The van der Waals surface area contributed by atoms with Crippen molar-refractivity contribution in [1.82, 2.24) is 4.90 Å². The first kappa shape index (κ1) is 20.4. The molecule has 0 fully saturated rings. The van der Waals surface area contributed by atoms with Crippen LogP contribution in [0.15, 0.2) is 48.5 Å². The average molecular weight is 395 g/mol. The van der Waals surface area contributed by atoms with Crippen LogP contribution in [0.5, 0.6) is 5.75 Å². The van der Waals surface area contributed by atoms with Crippen molar-refractivity contribution >= 4 is 29.1 Å². The molecule has 29 heavy (non-hydrogen) atoms. The summed E-state index contributed by atoms with van der Waals surface area (Å²) in [5.41, 5.74) is 1.58. The summed E-state index contributed by atoms with van der Waals surface area (Å²) in [6.07, 6.45) is -0.660. The van der Waals surface area contributed by atoms with Crippen LogP contribution in [0.25, 0.3) is 0 Å². The highest BCUT2D eigenvalue weighted by Gasteiger charge is 2.32. The predicted octanol–water partition coefficient (Wildman–Crippen LogP) is 2.92. The molecule has 3 rings (SSSR count). The minimum absolute atomic E-state index is 0.0859. The molecule has 2 aromatic carbocycles. The Balaban J connectivity index is 1.74. The maximum Gasteiger partial charge on any atom is 0.268 e. The van der Waals surface area contributed by atoms with Gasteiger partial charge in [-0.1, -0.05) is 18.2 Å². The maximum absolute atomic E-state index is 12.6. The highest BCUT2D eigenvalue weighted by Crippen LogP contribution is 2.33. The van der Waals surface area contributed by atoms with Gasteiger partial charge in [0.25, 0.3) is 11.8 Å². The van der Waals surface area contributed by atoms with E-state index in [4.69, 9.17) is 4.74 Å². The molecule has 7 heteroatoms. The summed E-state index contributed by atoms with van der Waals surface area (Å²) in [5, 5.41) is 2.78. The number of rotatable bonds is 6. The highest BCUT2D eigenvalue weighted by molar-refractivity contribution is 6.06. The molecule has 2 aromatic rings. The fraction of sp³-hybridized carbons (Fsp3) is 0.318. The van der Waals surface area contributed by atoms with Gasteiger partial charge in [-0.3, -0.25) is 19.3 Å². The molecule has 1 N–H and O–H groups in total. The normalized spacial score (nSPS) is 15.3. The molecule has 1 aliphatic rings. The van der Waals surface area contributed by atoms with Gasteiger partial charge in [0, 0.05) is 24.3 Å². The van der Waals surface area contributed by atoms with Gasteiger partial charge in [-0.05, 0) is 51.1 Å². The Labute approximate surface area is 170 Å². The number of fused-ring (bicyclic) bond motifs is 1. The van der Waals surface area contributed by atoms with E-state index in [-0.39, 0.29) is 24.3 Å². The van der Waals surface area contributed by atoms with E-state index >= 15 is 0 Å². The fourth-order valence-electron chi connectivity index (χ4n) is 3.29. The van der Waals surface area contributed by atoms with Crippen LogP contribution in [-0.2, 0) is 9.59 Å². The van der Waals surface area contributed by atoms with Gasteiger partial charge in [0.1, 0.15) is 12.3 Å². The highest BCUT2D eigenvalue weighted by atomic mass is 16.5. The predicted molar refractivity (Wildman–Crippen MR) is 111 cm³/mol. The van der Waals surface area contributed by atoms with Crippen molar-refractivity contribution in [3.8, 4) is 5.75 Å². The number of hydrogen-bond acceptors (Lipinski definition) is 4. The topological polar surface area (TPSA) is 79.0 Å². The molecule has 0 radical (unpaired) electrons. The molecule has 0 aliphatic carbocycles. The quantitative estimate of drug-likeness (QED) is 0.816. The molecule has 3 amide bonds. The molecule has 152 valence electrons. The van der Waals surface area contributed by atoms with Crippen molar-refractivity contribution in [2.75, 3.05) is 29.9 Å². The van der Waals surface area contributed by atoms with Gasteiger partial charge in [-0.15, -0.1) is 0 Å². The zero-order valence-corrected chi connectivity index (χ0v) is 16.8. The van der Waals surface area contributed by atoms with E-state index in [2.05, 4.69) is 5.32 Å². The lowest BCUT2D eigenvalue weighted by molar-refractivity contribution is -0.127. The molecule has 1 heterocycles. The van der Waals surface area contributed by atoms with Crippen molar-refractivity contribution in [1.29, 1.82) is 0 Å². The monoisotopic (exact) mass is 395 g/mol. The summed E-state index contributed by atoms with van der Waals surface area (Å²) in [6.45, 7) is 6.59. The number of carbonyl (C=O) groups is 3. The van der Waals surface area contributed by atoms with Gasteiger partial charge in [0.2, 0.25) is 5.91 Å². The standard InChI is InChI=1S/C22H25N3O4/c1-4-24(5-2)22(28)16-9-8-10-17(13-16)23-20(26)14-25-18-11-6-7-12-19(18)29-15(3)21(25)27/h6-13,15H,4-5,14H2,1-3H3,(H,23,26)/t15-/m1/s1. The van der Waals surface area contributed by atoms with Crippen molar-refractivity contribution in [3.05, 3.63) is 54.1 Å². The first-order valence-electron chi connectivity index (χ1n) is 9.70. The van der Waals surface area contributed by atoms with E-state index in [0.29, 0.717) is 35.8 Å². The molecular weight excluding hydrogens is 370 g/mol. The third kappa shape index (κ3) is 4.39. The number of nitrogens with zero attached hydrogens (tertiary/aromatic N) is 2. The maximum atomic E-state index is 12.6. The van der Waals surface area contributed by atoms with Crippen molar-refractivity contribution < 1.29 is 19.1 Å². The van der Waals surface area contributed by atoms with E-state index in [1.807, 2.05) is 19.9 Å². The van der Waals surface area contributed by atoms with E-state index in [1.54, 1.807) is 54.3 Å². The largest absolute Gasteiger partial charge is 0.479 e.